The van der Waals surface area contributed by atoms with E-state index < -0.39 is 33.3 Å². The molecule has 0 bridgehead atoms. The number of nitrogens with zero attached hydrogens (tertiary/aromatic N) is 1. The van der Waals surface area contributed by atoms with Crippen LogP contribution in [0, 0.1) is 0 Å². The molecule has 0 rings (SSSR count). The first-order valence-corrected chi connectivity index (χ1v) is 8.76. The van der Waals surface area contributed by atoms with Crippen molar-refractivity contribution in [1.82, 2.24) is 10.2 Å². The third-order valence-electron chi connectivity index (χ3n) is 2.58. The first-order chi connectivity index (χ1) is 10.7. The lowest BCUT2D eigenvalue weighted by Gasteiger charge is -2.23. The second kappa shape index (κ2) is 11.0. The molecule has 0 aromatic rings. The number of carboxylic acid groups (broad SMARTS) is 1. The number of carbonyl (C=O) groups is 2. The van der Waals surface area contributed by atoms with Crippen molar-refractivity contribution in [2.45, 2.75) is 32.2 Å². The summed E-state index contributed by atoms with van der Waals surface area (Å²) in [6.07, 6.45) is 2.47. The van der Waals surface area contributed by atoms with Crippen molar-refractivity contribution in [2.75, 3.05) is 26.4 Å². The van der Waals surface area contributed by atoms with Crippen LogP contribution in [0.4, 0.5) is 0 Å². The largest absolute Gasteiger partial charge is 0.478 e. The summed E-state index contributed by atoms with van der Waals surface area (Å²) in [7, 11) is -0.161. The summed E-state index contributed by atoms with van der Waals surface area (Å²) in [6, 6.07) is 0. The maximum atomic E-state index is 10.8. The smallest absolute Gasteiger partial charge is 0.330 e. The molecule has 0 fully saturated rings. The Kier molecular flexibility index (Phi) is 11.2. The number of rotatable bonds is 9. The third-order valence-corrected chi connectivity index (χ3v) is 3.66. The molecule has 0 aliphatic carbocycles. The van der Waals surface area contributed by atoms with Gasteiger partial charge in [0.25, 0.3) is 10.1 Å². The summed E-state index contributed by atoms with van der Waals surface area (Å²) in [6.45, 7) is 10.5. The lowest BCUT2D eigenvalue weighted by atomic mass is 10.1. The Morgan fingerprint density at radius 3 is 2.12 bits per heavy atom. The molecule has 0 aliphatic rings. The molecule has 0 saturated heterocycles. The maximum absolute atomic E-state index is 10.8. The zero-order chi connectivity index (χ0) is 19.6. The highest BCUT2D eigenvalue weighted by molar-refractivity contribution is 7.85. The van der Waals surface area contributed by atoms with E-state index >= 15 is 0 Å². The molecule has 0 spiro atoms. The van der Waals surface area contributed by atoms with E-state index in [0.29, 0.717) is 12.0 Å². The zero-order valence-corrected chi connectivity index (χ0v) is 15.5. The topological polar surface area (TPSA) is 124 Å². The van der Waals surface area contributed by atoms with Crippen LogP contribution in [0.2, 0.25) is 0 Å². The van der Waals surface area contributed by atoms with Gasteiger partial charge >= 0.3 is 5.97 Å². The molecular formula is C15H28N2O6S. The Morgan fingerprint density at radius 2 is 1.79 bits per heavy atom. The standard InChI is InChI=1S/C8H15NO2.C7H13NO4S/c1-7(8(10)11)5-4-6-9(2)3;1-4-6(9)8-7(2,3)5-13(10,11)12/h1,4-6H2,2-3H3,(H,10,11);4H,1,5H2,2-3H3,(H,8,9)(H,10,11,12). The minimum absolute atomic E-state index is 0.298. The quantitative estimate of drug-likeness (QED) is 0.410. The minimum atomic E-state index is -4.08. The highest BCUT2D eigenvalue weighted by Gasteiger charge is 2.25. The molecule has 0 heterocycles. The van der Waals surface area contributed by atoms with Crippen LogP contribution >= 0.6 is 0 Å². The predicted molar refractivity (Wildman–Crippen MR) is 93.4 cm³/mol. The monoisotopic (exact) mass is 364 g/mol. The number of hydrogen-bond donors (Lipinski definition) is 3. The van der Waals surface area contributed by atoms with Gasteiger partial charge in [-0.15, -0.1) is 0 Å². The fourth-order valence-corrected chi connectivity index (χ4v) is 2.58. The van der Waals surface area contributed by atoms with Gasteiger partial charge < -0.3 is 15.3 Å². The fourth-order valence-electron chi connectivity index (χ4n) is 1.59. The second-order valence-corrected chi connectivity index (χ2v) is 7.57. The van der Waals surface area contributed by atoms with E-state index in [-0.39, 0.29) is 0 Å². The van der Waals surface area contributed by atoms with Gasteiger partial charge in [-0.05, 0) is 53.4 Å². The van der Waals surface area contributed by atoms with Crippen molar-refractivity contribution in [1.29, 1.82) is 0 Å². The molecule has 8 nitrogen and oxygen atoms in total. The SMILES string of the molecule is C=C(CCCN(C)C)C(=O)O.C=CC(=O)NC(C)(C)CS(=O)(=O)O. The van der Waals surface area contributed by atoms with Crippen LogP contribution in [0.25, 0.3) is 0 Å². The summed E-state index contributed by atoms with van der Waals surface area (Å²) in [5.74, 6) is -1.89. The van der Waals surface area contributed by atoms with Gasteiger partial charge in [0.2, 0.25) is 5.91 Å². The summed E-state index contributed by atoms with van der Waals surface area (Å²) in [5.41, 5.74) is -0.703. The third kappa shape index (κ3) is 16.7. The number of nitrogens with one attached hydrogen (secondary N) is 1. The average Bonchev–Trinajstić information content (AvgIpc) is 2.34. The van der Waals surface area contributed by atoms with Crippen LogP contribution in [0.15, 0.2) is 24.8 Å². The van der Waals surface area contributed by atoms with Crippen LogP contribution in [0.3, 0.4) is 0 Å². The van der Waals surface area contributed by atoms with Gasteiger partial charge in [0.15, 0.2) is 0 Å². The van der Waals surface area contributed by atoms with Crippen molar-refractivity contribution < 1.29 is 27.7 Å². The second-order valence-electron chi connectivity index (χ2n) is 6.12. The predicted octanol–water partition coefficient (Wildman–Crippen LogP) is 0.924. The van der Waals surface area contributed by atoms with Gasteiger partial charge in [0.05, 0.1) is 11.3 Å². The van der Waals surface area contributed by atoms with Gasteiger partial charge in [-0.2, -0.15) is 8.42 Å². The van der Waals surface area contributed by atoms with E-state index in [1.54, 1.807) is 0 Å². The number of carboxylic acids is 1. The molecule has 3 N–H and O–H groups in total. The number of aliphatic carboxylic acids is 1. The molecule has 0 aliphatic heterocycles. The van der Waals surface area contributed by atoms with Crippen molar-refractivity contribution in [3.8, 4) is 0 Å². The molecule has 9 heteroatoms. The normalized spacial score (nSPS) is 11.2. The Hall–Kier alpha value is -1.71. The zero-order valence-electron chi connectivity index (χ0n) is 14.7. The van der Waals surface area contributed by atoms with Gasteiger partial charge in [-0.1, -0.05) is 13.2 Å². The first kappa shape index (κ1) is 24.5. The molecule has 140 valence electrons. The van der Waals surface area contributed by atoms with Crippen LogP contribution in [-0.4, -0.2) is 66.8 Å². The van der Waals surface area contributed by atoms with Crippen LogP contribution in [0.5, 0.6) is 0 Å². The summed E-state index contributed by atoms with van der Waals surface area (Å²) < 4.78 is 29.5. The molecule has 0 atom stereocenters. The van der Waals surface area contributed by atoms with E-state index in [1.807, 2.05) is 19.0 Å². The van der Waals surface area contributed by atoms with E-state index in [1.165, 1.54) is 13.8 Å². The average molecular weight is 364 g/mol. The molecule has 0 aromatic carbocycles. The Bertz CT molecular complexity index is 552. The summed E-state index contributed by atoms with van der Waals surface area (Å²) in [4.78, 5) is 23.1. The fraction of sp³-hybridized carbons (Fsp3) is 0.600. The van der Waals surface area contributed by atoms with E-state index in [9.17, 15) is 18.0 Å². The molecular weight excluding hydrogens is 336 g/mol. The molecule has 0 radical (unpaired) electrons. The Morgan fingerprint density at radius 1 is 1.29 bits per heavy atom. The van der Waals surface area contributed by atoms with Gasteiger partial charge in [0, 0.05) is 5.57 Å². The maximum Gasteiger partial charge on any atom is 0.330 e. The highest BCUT2D eigenvalue weighted by Crippen LogP contribution is 2.05. The van der Waals surface area contributed by atoms with Gasteiger partial charge in [-0.25, -0.2) is 4.79 Å². The minimum Gasteiger partial charge on any atom is -0.478 e. The molecule has 0 unspecified atom stereocenters. The van der Waals surface area contributed by atoms with Crippen molar-refractivity contribution in [3.05, 3.63) is 24.8 Å². The highest BCUT2D eigenvalue weighted by atomic mass is 32.2. The lowest BCUT2D eigenvalue weighted by molar-refractivity contribution is -0.132. The number of carbonyl (C=O) groups excluding carboxylic acids is 1. The molecule has 24 heavy (non-hydrogen) atoms. The van der Waals surface area contributed by atoms with Gasteiger partial charge in [0.1, 0.15) is 0 Å². The Labute approximate surface area is 144 Å². The van der Waals surface area contributed by atoms with Crippen LogP contribution in [0.1, 0.15) is 26.7 Å². The van der Waals surface area contributed by atoms with Crippen molar-refractivity contribution in [2.24, 2.45) is 0 Å². The van der Waals surface area contributed by atoms with Crippen LogP contribution < -0.4 is 5.32 Å². The van der Waals surface area contributed by atoms with Crippen LogP contribution in [-0.2, 0) is 19.7 Å². The first-order valence-electron chi connectivity index (χ1n) is 7.15. The molecule has 0 saturated carbocycles. The lowest BCUT2D eigenvalue weighted by Crippen LogP contribution is -2.47. The number of hydrogen-bond acceptors (Lipinski definition) is 5. The Balaban J connectivity index is 0. The van der Waals surface area contributed by atoms with E-state index in [2.05, 4.69) is 18.5 Å². The number of amides is 1. The van der Waals surface area contributed by atoms with Crippen molar-refractivity contribution in [3.63, 3.8) is 0 Å². The molecule has 0 aromatic heterocycles. The van der Waals surface area contributed by atoms with E-state index in [0.717, 1.165) is 19.0 Å². The van der Waals surface area contributed by atoms with Crippen molar-refractivity contribution >= 4 is 22.0 Å². The van der Waals surface area contributed by atoms with Gasteiger partial charge in [-0.3, -0.25) is 9.35 Å². The van der Waals surface area contributed by atoms with E-state index in [4.69, 9.17) is 9.66 Å². The summed E-state index contributed by atoms with van der Waals surface area (Å²) in [5, 5.41) is 10.8. The molecule has 1 amide bonds. The summed E-state index contributed by atoms with van der Waals surface area (Å²) >= 11 is 0.